The molecule has 6 heteroatoms. The van der Waals surface area contributed by atoms with Crippen LogP contribution in [0.4, 0.5) is 0 Å². The summed E-state index contributed by atoms with van der Waals surface area (Å²) in [5.74, 6) is 0.160. The van der Waals surface area contributed by atoms with E-state index in [4.69, 9.17) is 5.73 Å². The molecule has 1 saturated heterocycles. The summed E-state index contributed by atoms with van der Waals surface area (Å²) in [4.78, 5) is 14.2. The largest absolute Gasteiger partial charge is 0.335 e. The van der Waals surface area contributed by atoms with Crippen molar-refractivity contribution in [3.8, 4) is 0 Å². The van der Waals surface area contributed by atoms with E-state index in [0.29, 0.717) is 25.1 Å². The number of nitrogens with two attached hydrogens (primary N) is 1. The van der Waals surface area contributed by atoms with E-state index < -0.39 is 9.84 Å². The van der Waals surface area contributed by atoms with E-state index in [1.54, 1.807) is 17.0 Å². The van der Waals surface area contributed by atoms with Crippen LogP contribution in [0.5, 0.6) is 0 Å². The van der Waals surface area contributed by atoms with Gasteiger partial charge < -0.3 is 10.6 Å². The number of carbonyl (C=O) groups is 1. The first-order valence-electron chi connectivity index (χ1n) is 7.27. The van der Waals surface area contributed by atoms with Gasteiger partial charge in [-0.2, -0.15) is 0 Å². The molecule has 1 aromatic carbocycles. The summed E-state index contributed by atoms with van der Waals surface area (Å²) in [5.41, 5.74) is 7.20. The van der Waals surface area contributed by atoms with Gasteiger partial charge in [0, 0.05) is 18.2 Å². The smallest absolute Gasteiger partial charge is 0.254 e. The van der Waals surface area contributed by atoms with Gasteiger partial charge in [-0.1, -0.05) is 12.1 Å². The van der Waals surface area contributed by atoms with Crippen molar-refractivity contribution in [2.24, 2.45) is 5.73 Å². The van der Waals surface area contributed by atoms with E-state index >= 15 is 0 Å². The van der Waals surface area contributed by atoms with Crippen molar-refractivity contribution in [3.05, 3.63) is 35.4 Å². The van der Waals surface area contributed by atoms with Crippen molar-refractivity contribution < 1.29 is 13.2 Å². The Labute approximate surface area is 126 Å². The number of benzene rings is 1. The van der Waals surface area contributed by atoms with Crippen LogP contribution >= 0.6 is 0 Å². The van der Waals surface area contributed by atoms with Crippen LogP contribution in [-0.4, -0.2) is 49.9 Å². The highest BCUT2D eigenvalue weighted by atomic mass is 32.2. The van der Waals surface area contributed by atoms with Gasteiger partial charge in [0.15, 0.2) is 9.84 Å². The molecule has 0 radical (unpaired) electrons. The molecule has 116 valence electrons. The van der Waals surface area contributed by atoms with Crippen LogP contribution in [0.3, 0.4) is 0 Å². The van der Waals surface area contributed by atoms with Crippen molar-refractivity contribution >= 4 is 15.7 Å². The molecule has 0 bridgehead atoms. The summed E-state index contributed by atoms with van der Waals surface area (Å²) in [6.45, 7) is 2.98. The zero-order chi connectivity index (χ0) is 15.5. The lowest BCUT2D eigenvalue weighted by molar-refractivity contribution is 0.0708. The van der Waals surface area contributed by atoms with Gasteiger partial charge in [0.2, 0.25) is 0 Å². The quantitative estimate of drug-likeness (QED) is 0.874. The molecule has 0 aliphatic carbocycles. The number of carbonyl (C=O) groups excluding carboxylic acids is 1. The normalized spacial score (nSPS) is 20.4. The third-order valence-corrected chi connectivity index (χ3v) is 5.63. The molecule has 2 rings (SSSR count). The number of hydrogen-bond donors (Lipinski definition) is 1. The summed E-state index contributed by atoms with van der Waals surface area (Å²) < 4.78 is 23.2. The second kappa shape index (κ2) is 6.58. The number of sulfone groups is 1. The predicted molar refractivity (Wildman–Crippen MR) is 83.0 cm³/mol. The molecule has 0 aromatic heterocycles. The van der Waals surface area contributed by atoms with Crippen LogP contribution in [0.1, 0.15) is 29.3 Å². The van der Waals surface area contributed by atoms with Crippen LogP contribution < -0.4 is 5.73 Å². The SMILES string of the molecule is CCN(C(=O)c1ccc(CCN)cc1)C1CCS(=O)(=O)C1. The molecular formula is C15H22N2O3S. The maximum Gasteiger partial charge on any atom is 0.254 e. The minimum atomic E-state index is -2.99. The molecule has 1 aliphatic rings. The van der Waals surface area contributed by atoms with E-state index in [-0.39, 0.29) is 23.5 Å². The van der Waals surface area contributed by atoms with Crippen molar-refractivity contribution in [2.45, 2.75) is 25.8 Å². The van der Waals surface area contributed by atoms with Crippen LogP contribution in [0.25, 0.3) is 0 Å². The lowest BCUT2D eigenvalue weighted by Gasteiger charge is -2.27. The maximum atomic E-state index is 12.5. The molecule has 1 atom stereocenters. The van der Waals surface area contributed by atoms with Crippen molar-refractivity contribution in [1.29, 1.82) is 0 Å². The van der Waals surface area contributed by atoms with Crippen molar-refractivity contribution in [3.63, 3.8) is 0 Å². The van der Waals surface area contributed by atoms with Crippen molar-refractivity contribution in [1.82, 2.24) is 4.90 Å². The Balaban J connectivity index is 2.13. The Morgan fingerprint density at radius 1 is 1.33 bits per heavy atom. The van der Waals surface area contributed by atoms with Gasteiger partial charge in [0.25, 0.3) is 5.91 Å². The van der Waals surface area contributed by atoms with Gasteiger partial charge in [-0.05, 0) is 44.0 Å². The second-order valence-electron chi connectivity index (χ2n) is 5.38. The zero-order valence-corrected chi connectivity index (χ0v) is 13.1. The highest BCUT2D eigenvalue weighted by molar-refractivity contribution is 7.91. The second-order valence-corrected chi connectivity index (χ2v) is 7.61. The van der Waals surface area contributed by atoms with Crippen LogP contribution in [0.2, 0.25) is 0 Å². The molecule has 1 unspecified atom stereocenters. The van der Waals surface area contributed by atoms with Gasteiger partial charge in [-0.3, -0.25) is 4.79 Å². The Hall–Kier alpha value is -1.40. The van der Waals surface area contributed by atoms with Gasteiger partial charge in [0.1, 0.15) is 0 Å². The topological polar surface area (TPSA) is 80.5 Å². The predicted octanol–water partition coefficient (Wildman–Crippen LogP) is 0.837. The zero-order valence-electron chi connectivity index (χ0n) is 12.3. The van der Waals surface area contributed by atoms with Crippen molar-refractivity contribution in [2.75, 3.05) is 24.6 Å². The highest BCUT2D eigenvalue weighted by Gasteiger charge is 2.34. The molecule has 1 aliphatic heterocycles. The van der Waals surface area contributed by atoms with Gasteiger partial charge in [-0.25, -0.2) is 8.42 Å². The van der Waals surface area contributed by atoms with Crippen LogP contribution in [0, 0.1) is 0 Å². The number of amides is 1. The third-order valence-electron chi connectivity index (χ3n) is 3.88. The lowest BCUT2D eigenvalue weighted by atomic mass is 10.1. The summed E-state index contributed by atoms with van der Waals surface area (Å²) in [6.07, 6.45) is 1.32. The standard InChI is InChI=1S/C15H22N2O3S/c1-2-17(14-8-10-21(19,20)11-14)15(18)13-5-3-12(4-6-13)7-9-16/h3-6,14H,2,7-11,16H2,1H3. The molecular weight excluding hydrogens is 288 g/mol. The maximum absolute atomic E-state index is 12.5. The minimum Gasteiger partial charge on any atom is -0.335 e. The lowest BCUT2D eigenvalue weighted by Crippen LogP contribution is -2.40. The summed E-state index contributed by atoms with van der Waals surface area (Å²) in [7, 11) is -2.99. The van der Waals surface area contributed by atoms with Gasteiger partial charge >= 0.3 is 0 Å². The average Bonchev–Trinajstić information content (AvgIpc) is 2.81. The van der Waals surface area contributed by atoms with E-state index in [2.05, 4.69) is 0 Å². The first-order valence-corrected chi connectivity index (χ1v) is 9.09. The minimum absolute atomic E-state index is 0.0812. The van der Waals surface area contributed by atoms with Gasteiger partial charge in [-0.15, -0.1) is 0 Å². The Morgan fingerprint density at radius 3 is 2.48 bits per heavy atom. The fourth-order valence-corrected chi connectivity index (χ4v) is 4.47. The summed E-state index contributed by atoms with van der Waals surface area (Å²) >= 11 is 0. The number of nitrogens with zero attached hydrogens (tertiary/aromatic N) is 1. The molecule has 21 heavy (non-hydrogen) atoms. The van der Waals surface area contributed by atoms with E-state index in [0.717, 1.165) is 12.0 Å². The molecule has 2 N–H and O–H groups in total. The van der Waals surface area contributed by atoms with Gasteiger partial charge in [0.05, 0.1) is 11.5 Å². The Bertz CT molecular complexity index is 596. The van der Waals surface area contributed by atoms with Crippen LogP contribution in [0.15, 0.2) is 24.3 Å². The summed E-state index contributed by atoms with van der Waals surface area (Å²) in [5, 5.41) is 0. The molecule has 0 saturated carbocycles. The molecule has 1 heterocycles. The van der Waals surface area contributed by atoms with E-state index in [1.807, 2.05) is 19.1 Å². The number of rotatable bonds is 5. The molecule has 5 nitrogen and oxygen atoms in total. The number of hydrogen-bond acceptors (Lipinski definition) is 4. The summed E-state index contributed by atoms with van der Waals surface area (Å²) in [6, 6.07) is 7.19. The Kier molecular flexibility index (Phi) is 5.00. The fourth-order valence-electron chi connectivity index (χ4n) is 2.74. The Morgan fingerprint density at radius 2 is 2.00 bits per heavy atom. The third kappa shape index (κ3) is 3.83. The van der Waals surface area contributed by atoms with Crippen LogP contribution in [-0.2, 0) is 16.3 Å². The van der Waals surface area contributed by atoms with E-state index in [9.17, 15) is 13.2 Å². The monoisotopic (exact) mass is 310 g/mol. The first-order chi connectivity index (χ1) is 9.96. The molecule has 0 spiro atoms. The molecule has 1 aromatic rings. The highest BCUT2D eigenvalue weighted by Crippen LogP contribution is 2.20. The molecule has 1 amide bonds. The fraction of sp³-hybridized carbons (Fsp3) is 0.533. The van der Waals surface area contributed by atoms with E-state index in [1.165, 1.54) is 0 Å². The average molecular weight is 310 g/mol. The molecule has 1 fully saturated rings. The first kappa shape index (κ1) is 16.0.